The molecule has 0 bridgehead atoms. The molecule has 0 radical (unpaired) electrons. The number of aryl methyl sites for hydroxylation is 1. The zero-order valence-corrected chi connectivity index (χ0v) is 15.8. The number of benzene rings is 3. The van der Waals surface area contributed by atoms with Gasteiger partial charge in [-0.05, 0) is 48.9 Å². The molecule has 4 nitrogen and oxygen atoms in total. The van der Waals surface area contributed by atoms with Gasteiger partial charge in [0.2, 0.25) is 0 Å². The second-order valence-corrected chi connectivity index (χ2v) is 6.62. The molecule has 0 aliphatic carbocycles. The summed E-state index contributed by atoms with van der Waals surface area (Å²) in [4.78, 5) is 12.2. The van der Waals surface area contributed by atoms with Crippen LogP contribution in [-0.2, 0) is 9.53 Å². The Bertz CT molecular complexity index is 1170. The molecule has 0 aliphatic rings. The third-order valence-corrected chi connectivity index (χ3v) is 4.60. The van der Waals surface area contributed by atoms with E-state index in [0.29, 0.717) is 11.3 Å². The molecule has 0 unspecified atom stereocenters. The van der Waals surface area contributed by atoms with Crippen LogP contribution in [0.1, 0.15) is 11.1 Å². The van der Waals surface area contributed by atoms with Crippen LogP contribution < -0.4 is 4.74 Å². The van der Waals surface area contributed by atoms with Gasteiger partial charge in [-0.2, -0.15) is 0 Å². The van der Waals surface area contributed by atoms with Gasteiger partial charge in [0.1, 0.15) is 23.5 Å². The Balaban J connectivity index is 1.66. The molecule has 4 heteroatoms. The van der Waals surface area contributed by atoms with E-state index in [1.165, 1.54) is 7.11 Å². The molecule has 28 heavy (non-hydrogen) atoms. The van der Waals surface area contributed by atoms with Gasteiger partial charge in [-0.3, -0.25) is 0 Å². The Morgan fingerprint density at radius 3 is 2.50 bits per heavy atom. The zero-order chi connectivity index (χ0) is 19.5. The van der Waals surface area contributed by atoms with Gasteiger partial charge in [0.15, 0.2) is 0 Å². The maximum Gasteiger partial charge on any atom is 0.337 e. The standard InChI is InChI=1S/C24H20O4/c1-16-7-10-19(11-8-16)27-15-18(24(25)26-2)13-17-9-12-23-21(14-17)20-5-3-4-6-22(20)28-23/h3-14H,15H2,1-2H3/b18-13+. The molecule has 1 heterocycles. The number of carbonyl (C=O) groups is 1. The second-order valence-electron chi connectivity index (χ2n) is 6.62. The van der Waals surface area contributed by atoms with E-state index in [0.717, 1.165) is 33.1 Å². The van der Waals surface area contributed by atoms with Crippen molar-refractivity contribution < 1.29 is 18.7 Å². The minimum Gasteiger partial charge on any atom is -0.489 e. The van der Waals surface area contributed by atoms with Crippen molar-refractivity contribution in [2.45, 2.75) is 6.92 Å². The van der Waals surface area contributed by atoms with E-state index in [4.69, 9.17) is 13.9 Å². The molecule has 3 aromatic carbocycles. The number of para-hydroxylation sites is 1. The highest BCUT2D eigenvalue weighted by Crippen LogP contribution is 2.29. The molecule has 0 saturated heterocycles. The van der Waals surface area contributed by atoms with Crippen molar-refractivity contribution in [3.63, 3.8) is 0 Å². The van der Waals surface area contributed by atoms with Crippen molar-refractivity contribution in [3.8, 4) is 5.75 Å². The minimum absolute atomic E-state index is 0.125. The Morgan fingerprint density at radius 1 is 0.964 bits per heavy atom. The van der Waals surface area contributed by atoms with Gasteiger partial charge in [0, 0.05) is 10.8 Å². The molecule has 4 aromatic rings. The number of fused-ring (bicyclic) bond motifs is 3. The highest BCUT2D eigenvalue weighted by atomic mass is 16.5. The van der Waals surface area contributed by atoms with Crippen molar-refractivity contribution in [1.29, 1.82) is 0 Å². The molecular weight excluding hydrogens is 352 g/mol. The Morgan fingerprint density at radius 2 is 1.71 bits per heavy atom. The number of hydrogen-bond acceptors (Lipinski definition) is 4. The number of carbonyl (C=O) groups excluding carboxylic acids is 1. The molecule has 140 valence electrons. The first-order valence-electron chi connectivity index (χ1n) is 9.04. The second kappa shape index (κ2) is 7.61. The van der Waals surface area contributed by atoms with E-state index < -0.39 is 5.97 Å². The normalized spacial score (nSPS) is 11.7. The molecule has 4 rings (SSSR count). The summed E-state index contributed by atoms with van der Waals surface area (Å²) in [5.74, 6) is 0.293. The first-order chi connectivity index (χ1) is 13.6. The number of rotatable bonds is 5. The topological polar surface area (TPSA) is 48.7 Å². The first kappa shape index (κ1) is 17.9. The van der Waals surface area contributed by atoms with Crippen molar-refractivity contribution in [3.05, 3.63) is 83.4 Å². The van der Waals surface area contributed by atoms with Crippen molar-refractivity contribution >= 4 is 34.0 Å². The fraction of sp³-hybridized carbons (Fsp3) is 0.125. The average molecular weight is 372 g/mol. The summed E-state index contributed by atoms with van der Waals surface area (Å²) in [7, 11) is 1.37. The smallest absolute Gasteiger partial charge is 0.337 e. The van der Waals surface area contributed by atoms with Crippen molar-refractivity contribution in [2.24, 2.45) is 0 Å². The van der Waals surface area contributed by atoms with Crippen LogP contribution in [0.5, 0.6) is 5.75 Å². The van der Waals surface area contributed by atoms with Crippen LogP contribution in [-0.4, -0.2) is 19.7 Å². The third kappa shape index (κ3) is 3.62. The quantitative estimate of drug-likeness (QED) is 0.341. The summed E-state index contributed by atoms with van der Waals surface area (Å²) in [6, 6.07) is 21.4. The molecule has 0 atom stereocenters. The van der Waals surface area contributed by atoms with Crippen LogP contribution in [0.3, 0.4) is 0 Å². The van der Waals surface area contributed by atoms with Crippen molar-refractivity contribution in [2.75, 3.05) is 13.7 Å². The van der Waals surface area contributed by atoms with Gasteiger partial charge >= 0.3 is 5.97 Å². The lowest BCUT2D eigenvalue weighted by molar-refractivity contribution is -0.136. The summed E-state index contributed by atoms with van der Waals surface area (Å²) in [5.41, 5.74) is 4.13. The summed E-state index contributed by atoms with van der Waals surface area (Å²) >= 11 is 0. The summed E-state index contributed by atoms with van der Waals surface area (Å²) in [6.45, 7) is 2.14. The van der Waals surface area contributed by atoms with Crippen LogP contribution in [0.25, 0.3) is 28.0 Å². The van der Waals surface area contributed by atoms with E-state index >= 15 is 0 Å². The van der Waals surface area contributed by atoms with Crippen LogP contribution in [0, 0.1) is 6.92 Å². The zero-order valence-electron chi connectivity index (χ0n) is 15.8. The fourth-order valence-electron chi connectivity index (χ4n) is 3.12. The highest BCUT2D eigenvalue weighted by Gasteiger charge is 2.12. The lowest BCUT2D eigenvalue weighted by Gasteiger charge is -2.09. The van der Waals surface area contributed by atoms with E-state index in [1.807, 2.05) is 73.7 Å². The monoisotopic (exact) mass is 372 g/mol. The average Bonchev–Trinajstić information content (AvgIpc) is 3.09. The summed E-state index contributed by atoms with van der Waals surface area (Å²) in [5, 5.41) is 2.05. The van der Waals surface area contributed by atoms with Crippen LogP contribution >= 0.6 is 0 Å². The van der Waals surface area contributed by atoms with Gasteiger partial charge in [-0.25, -0.2) is 4.79 Å². The minimum atomic E-state index is -0.413. The largest absolute Gasteiger partial charge is 0.489 e. The molecule has 0 aliphatic heterocycles. The van der Waals surface area contributed by atoms with Crippen LogP contribution in [0.15, 0.2) is 76.7 Å². The predicted molar refractivity (Wildman–Crippen MR) is 110 cm³/mol. The SMILES string of the molecule is COC(=O)/C(=C/c1ccc2oc3ccccc3c2c1)COc1ccc(C)cc1. The lowest BCUT2D eigenvalue weighted by atomic mass is 10.1. The lowest BCUT2D eigenvalue weighted by Crippen LogP contribution is -2.12. The summed E-state index contributed by atoms with van der Waals surface area (Å²) in [6.07, 6.45) is 1.79. The number of methoxy groups -OCH3 is 1. The number of hydrogen-bond donors (Lipinski definition) is 0. The van der Waals surface area contributed by atoms with E-state index in [9.17, 15) is 4.79 Å². The van der Waals surface area contributed by atoms with Crippen LogP contribution in [0.4, 0.5) is 0 Å². The van der Waals surface area contributed by atoms with Gasteiger partial charge in [-0.1, -0.05) is 42.0 Å². The van der Waals surface area contributed by atoms with E-state index in [1.54, 1.807) is 6.08 Å². The van der Waals surface area contributed by atoms with Crippen molar-refractivity contribution in [1.82, 2.24) is 0 Å². The molecule has 0 saturated carbocycles. The van der Waals surface area contributed by atoms with Gasteiger partial charge < -0.3 is 13.9 Å². The molecule has 1 aromatic heterocycles. The summed E-state index contributed by atoms with van der Waals surface area (Å²) < 4.78 is 16.6. The maximum atomic E-state index is 12.2. The highest BCUT2D eigenvalue weighted by molar-refractivity contribution is 6.05. The molecule has 0 fully saturated rings. The first-order valence-corrected chi connectivity index (χ1v) is 9.04. The Labute approximate surface area is 163 Å². The van der Waals surface area contributed by atoms with Gasteiger partial charge in [0.05, 0.1) is 12.7 Å². The van der Waals surface area contributed by atoms with E-state index in [-0.39, 0.29) is 6.61 Å². The molecule has 0 spiro atoms. The molecular formula is C24H20O4. The molecule has 0 N–H and O–H groups in total. The van der Waals surface area contributed by atoms with Crippen LogP contribution in [0.2, 0.25) is 0 Å². The Kier molecular flexibility index (Phi) is 4.85. The van der Waals surface area contributed by atoms with Gasteiger partial charge in [0.25, 0.3) is 0 Å². The fourth-order valence-corrected chi connectivity index (χ4v) is 3.12. The third-order valence-electron chi connectivity index (χ3n) is 4.60. The maximum absolute atomic E-state index is 12.2. The number of ether oxygens (including phenoxy) is 2. The van der Waals surface area contributed by atoms with Gasteiger partial charge in [-0.15, -0.1) is 0 Å². The predicted octanol–water partition coefficient (Wildman–Crippen LogP) is 5.53. The van der Waals surface area contributed by atoms with E-state index in [2.05, 4.69) is 0 Å². The molecule has 0 amide bonds. The Hall–Kier alpha value is -3.53. The number of furan rings is 1. The number of esters is 1.